The van der Waals surface area contributed by atoms with Gasteiger partial charge in [0.25, 0.3) is 5.92 Å². The minimum absolute atomic E-state index is 0.0226. The van der Waals surface area contributed by atoms with E-state index in [1.165, 1.54) is 12.0 Å². The van der Waals surface area contributed by atoms with Crippen molar-refractivity contribution in [3.05, 3.63) is 59.8 Å². The molecular weight excluding hydrogens is 820 g/mol. The number of sulfonamides is 1. The molecule has 0 radical (unpaired) electrons. The molecule has 3 aromatic rings. The molecule has 3 amide bonds. The van der Waals surface area contributed by atoms with E-state index in [1.807, 2.05) is 18.2 Å². The summed E-state index contributed by atoms with van der Waals surface area (Å²) in [6.07, 6.45) is 7.85. The number of carbonyl (C=O) groups excluding carboxylic acids is 4. The lowest BCUT2D eigenvalue weighted by atomic mass is 9.90. The number of halogens is 3. The number of aromatic nitrogens is 2. The number of benzene rings is 1. The molecule has 0 unspecified atom stereocenters. The highest BCUT2D eigenvalue weighted by Crippen LogP contribution is 2.57. The Bertz CT molecular complexity index is 2330. The number of alkyl halides is 2. The number of allylic oxidation sites excluding steroid dienone is 2. The van der Waals surface area contributed by atoms with Crippen LogP contribution in [-0.2, 0) is 29.2 Å². The maximum absolute atomic E-state index is 14.8. The van der Waals surface area contributed by atoms with Crippen molar-refractivity contribution in [1.82, 2.24) is 24.5 Å². The van der Waals surface area contributed by atoms with Crippen molar-refractivity contribution in [2.75, 3.05) is 26.7 Å². The normalized spacial score (nSPS) is 27.7. The highest BCUT2D eigenvalue weighted by Gasteiger charge is 2.61. The van der Waals surface area contributed by atoms with Crippen molar-refractivity contribution in [3.8, 4) is 22.9 Å². The molecule has 3 aliphatic heterocycles. The lowest BCUT2D eigenvalue weighted by Crippen LogP contribution is -2.47. The van der Waals surface area contributed by atoms with E-state index < -0.39 is 81.1 Å². The third-order valence-electron chi connectivity index (χ3n) is 12.6. The number of pyridine rings is 2. The van der Waals surface area contributed by atoms with Crippen molar-refractivity contribution < 1.29 is 45.9 Å². The van der Waals surface area contributed by atoms with Gasteiger partial charge in [0, 0.05) is 55.8 Å². The average molecular weight is 868 g/mol. The molecule has 1 N–H and O–H groups in total. The molecular formula is C43H48ClF2N5O8S. The van der Waals surface area contributed by atoms with Gasteiger partial charge in [-0.15, -0.1) is 0 Å². The van der Waals surface area contributed by atoms with Gasteiger partial charge in [0.05, 0.1) is 53.8 Å². The van der Waals surface area contributed by atoms with Crippen molar-refractivity contribution >= 4 is 56.0 Å². The number of carbonyl (C=O) groups is 4. The zero-order chi connectivity index (χ0) is 42.4. The Morgan fingerprint density at radius 3 is 2.58 bits per heavy atom. The molecule has 2 saturated carbocycles. The second kappa shape index (κ2) is 16.6. The Kier molecular flexibility index (Phi) is 11.6. The molecule has 2 aromatic heterocycles. The molecule has 320 valence electrons. The minimum atomic E-state index is -3.91. The fourth-order valence-corrected chi connectivity index (χ4v) is 10.6. The number of methoxy groups -OCH3 is 1. The lowest BCUT2D eigenvalue weighted by molar-refractivity contribution is -0.145. The van der Waals surface area contributed by atoms with Crippen LogP contribution in [-0.4, -0.2) is 102 Å². The summed E-state index contributed by atoms with van der Waals surface area (Å²) in [5.41, 5.74) is 0.0357. The SMILES string of the molecule is COc1ccc2c(O[C@@H]3C[C@H]4C(=O)C[C@]5(C(=O)NS(=O)(=O)C6CC6)C[C@H]5/C=C\CCCCC[C@H](CC(=O)N5CCC(F)(F)C5)C(=O)N4C3)cc(-c3ccccn3)nc2c1Cl. The van der Waals surface area contributed by atoms with Crippen molar-refractivity contribution in [2.45, 2.75) is 100 Å². The zero-order valence-corrected chi connectivity index (χ0v) is 34.9. The maximum atomic E-state index is 14.8. The van der Waals surface area contributed by atoms with E-state index in [0.717, 1.165) is 17.7 Å². The van der Waals surface area contributed by atoms with Gasteiger partial charge >= 0.3 is 0 Å². The minimum Gasteiger partial charge on any atom is -0.495 e. The first-order valence-corrected chi connectivity index (χ1v) is 22.6. The van der Waals surface area contributed by atoms with E-state index in [2.05, 4.69) is 9.71 Å². The molecule has 5 heterocycles. The number of likely N-dealkylation sites (tertiary alicyclic amines) is 1. The van der Waals surface area contributed by atoms with Gasteiger partial charge in [-0.1, -0.05) is 42.7 Å². The summed E-state index contributed by atoms with van der Waals surface area (Å²) in [6, 6.07) is 9.40. The Labute approximate surface area is 352 Å². The van der Waals surface area contributed by atoms with Gasteiger partial charge in [-0.3, -0.25) is 28.9 Å². The summed E-state index contributed by atoms with van der Waals surface area (Å²) >= 11 is 6.78. The van der Waals surface area contributed by atoms with Gasteiger partial charge in [0.2, 0.25) is 27.7 Å². The van der Waals surface area contributed by atoms with Crippen LogP contribution >= 0.6 is 11.6 Å². The molecule has 1 aromatic carbocycles. The predicted molar refractivity (Wildman–Crippen MR) is 218 cm³/mol. The number of fused-ring (bicyclic) bond motifs is 3. The second-order valence-corrected chi connectivity index (χ2v) is 19.2. The van der Waals surface area contributed by atoms with E-state index in [9.17, 15) is 36.4 Å². The first-order chi connectivity index (χ1) is 28.7. The Morgan fingerprint density at radius 1 is 1.05 bits per heavy atom. The Hall–Kier alpha value is -4.70. The first-order valence-electron chi connectivity index (χ1n) is 20.6. The van der Waals surface area contributed by atoms with E-state index in [1.54, 1.807) is 36.5 Å². The molecule has 2 aliphatic carbocycles. The molecule has 2 saturated heterocycles. The highest BCUT2D eigenvalue weighted by atomic mass is 35.5. The average Bonchev–Trinajstić information content (AvgIpc) is 4.12. The third kappa shape index (κ3) is 8.72. The number of Topliss-reactive ketones (excluding diaryl/α,β-unsaturated/α-hetero) is 1. The number of nitrogens with one attached hydrogen (secondary N) is 1. The molecule has 0 spiro atoms. The standard InChI is InChI=1S/C43H48ClF2N5O8S/c1-58-35-15-14-30-36(21-32(48-39(30)38(35)44)31-11-7-8-17-47-31)59-28-20-33-34(52)23-42(41(55)49-60(56,57)29-12-13-29)22-27(42)10-6-4-2-3-5-9-26(40(54)51(33)24-28)19-37(53)50-18-16-43(45,46)25-50/h6-8,10-11,14-15,17,21,26-29,33H,2-5,9,12-13,16,18-20,22-25H2,1H3,(H,49,55)/b10-6-/t26-,27-,28-,33+,42-/m1/s1. The number of nitrogens with zero attached hydrogens (tertiary/aromatic N) is 4. The number of hydrogen-bond donors (Lipinski definition) is 1. The number of ether oxygens (including phenoxy) is 2. The summed E-state index contributed by atoms with van der Waals surface area (Å²) in [5, 5.41) is 0.133. The summed E-state index contributed by atoms with van der Waals surface area (Å²) in [6.45, 7) is -0.886. The van der Waals surface area contributed by atoms with Gasteiger partial charge < -0.3 is 19.3 Å². The van der Waals surface area contributed by atoms with Crippen LogP contribution in [0.25, 0.3) is 22.3 Å². The van der Waals surface area contributed by atoms with Crippen LogP contribution in [0, 0.1) is 17.3 Å². The summed E-state index contributed by atoms with van der Waals surface area (Å²) < 4.78 is 68.7. The fraction of sp³-hybridized carbons (Fsp3) is 0.535. The van der Waals surface area contributed by atoms with Crippen LogP contribution < -0.4 is 14.2 Å². The lowest BCUT2D eigenvalue weighted by Gasteiger charge is -2.29. The molecule has 60 heavy (non-hydrogen) atoms. The molecule has 13 nitrogen and oxygen atoms in total. The van der Waals surface area contributed by atoms with Gasteiger partial charge in [0.15, 0.2) is 5.78 Å². The predicted octanol–water partition coefficient (Wildman–Crippen LogP) is 6.28. The van der Waals surface area contributed by atoms with Gasteiger partial charge in [0.1, 0.15) is 22.6 Å². The monoisotopic (exact) mass is 867 g/mol. The van der Waals surface area contributed by atoms with E-state index in [4.69, 9.17) is 26.1 Å². The number of ketones is 1. The van der Waals surface area contributed by atoms with E-state index in [-0.39, 0.29) is 49.7 Å². The zero-order valence-electron chi connectivity index (χ0n) is 33.3. The second-order valence-electron chi connectivity index (χ2n) is 16.9. The molecule has 5 atom stereocenters. The number of rotatable bonds is 9. The number of amides is 3. The highest BCUT2D eigenvalue weighted by molar-refractivity contribution is 7.90. The molecule has 0 bridgehead atoms. The van der Waals surface area contributed by atoms with Crippen molar-refractivity contribution in [3.63, 3.8) is 0 Å². The van der Waals surface area contributed by atoms with Crippen LogP contribution in [0.15, 0.2) is 54.7 Å². The van der Waals surface area contributed by atoms with Crippen molar-refractivity contribution in [2.24, 2.45) is 17.3 Å². The van der Waals surface area contributed by atoms with Gasteiger partial charge in [-0.25, -0.2) is 22.2 Å². The van der Waals surface area contributed by atoms with Crippen LogP contribution in [0.5, 0.6) is 11.5 Å². The molecule has 4 fully saturated rings. The third-order valence-corrected chi connectivity index (χ3v) is 14.7. The van der Waals surface area contributed by atoms with E-state index in [0.29, 0.717) is 65.9 Å². The summed E-state index contributed by atoms with van der Waals surface area (Å²) in [5.74, 6) is -5.74. The molecule has 5 aliphatic rings. The molecule has 17 heteroatoms. The molecule has 8 rings (SSSR count). The largest absolute Gasteiger partial charge is 0.495 e. The van der Waals surface area contributed by atoms with Gasteiger partial charge in [-0.05, 0) is 68.7 Å². The van der Waals surface area contributed by atoms with Crippen LogP contribution in [0.2, 0.25) is 5.02 Å². The van der Waals surface area contributed by atoms with Crippen LogP contribution in [0.1, 0.15) is 77.0 Å². The van der Waals surface area contributed by atoms with Crippen LogP contribution in [0.4, 0.5) is 8.78 Å². The smallest absolute Gasteiger partial charge is 0.267 e. The van der Waals surface area contributed by atoms with Crippen LogP contribution in [0.3, 0.4) is 0 Å². The Balaban J connectivity index is 1.14. The van der Waals surface area contributed by atoms with E-state index >= 15 is 0 Å². The summed E-state index contributed by atoms with van der Waals surface area (Å²) in [7, 11) is -2.42. The topological polar surface area (TPSA) is 165 Å². The summed E-state index contributed by atoms with van der Waals surface area (Å²) in [4.78, 5) is 68.7. The van der Waals surface area contributed by atoms with Gasteiger partial charge in [-0.2, -0.15) is 0 Å². The van der Waals surface area contributed by atoms with Crippen molar-refractivity contribution in [1.29, 1.82) is 0 Å². The quantitative estimate of drug-likeness (QED) is 0.242. The first kappa shape index (κ1) is 42.0. The number of hydrogen-bond acceptors (Lipinski definition) is 10. The fourth-order valence-electron chi connectivity index (χ4n) is 8.90. The Morgan fingerprint density at radius 2 is 1.87 bits per heavy atom. The maximum Gasteiger partial charge on any atom is 0.267 e.